The first-order chi connectivity index (χ1) is 9.59. The number of nitro groups is 1. The largest absolute Gasteiger partial charge is 0.492 e. The summed E-state index contributed by atoms with van der Waals surface area (Å²) < 4.78 is 5.68. The fourth-order valence-corrected chi connectivity index (χ4v) is 1.91. The van der Waals surface area contributed by atoms with Crippen molar-refractivity contribution in [2.75, 3.05) is 13.2 Å². The van der Waals surface area contributed by atoms with E-state index < -0.39 is 4.92 Å². The van der Waals surface area contributed by atoms with E-state index in [1.54, 1.807) is 24.4 Å². The van der Waals surface area contributed by atoms with Gasteiger partial charge < -0.3 is 10.1 Å². The Labute approximate surface area is 116 Å². The molecule has 0 aliphatic rings. The van der Waals surface area contributed by atoms with Crippen molar-refractivity contribution in [1.29, 1.82) is 0 Å². The van der Waals surface area contributed by atoms with Gasteiger partial charge in [0.25, 0.3) is 5.69 Å². The van der Waals surface area contributed by atoms with E-state index in [2.05, 4.69) is 24.1 Å². The van der Waals surface area contributed by atoms with Crippen LogP contribution < -0.4 is 10.1 Å². The molecule has 0 spiro atoms. The highest BCUT2D eigenvalue weighted by Gasteiger charge is 2.15. The third-order valence-corrected chi connectivity index (χ3v) is 2.82. The van der Waals surface area contributed by atoms with E-state index in [1.807, 2.05) is 0 Å². The molecule has 0 fully saturated rings. The Hall–Kier alpha value is -2.21. The number of nitrogens with zero attached hydrogens (tertiary/aromatic N) is 2. The van der Waals surface area contributed by atoms with Gasteiger partial charge in [0.05, 0.1) is 4.92 Å². The van der Waals surface area contributed by atoms with Gasteiger partial charge in [-0.05, 0) is 18.2 Å². The summed E-state index contributed by atoms with van der Waals surface area (Å²) >= 11 is 0. The van der Waals surface area contributed by atoms with E-state index in [4.69, 9.17) is 4.74 Å². The Morgan fingerprint density at radius 1 is 1.40 bits per heavy atom. The topological polar surface area (TPSA) is 77.3 Å². The number of nitrogens with one attached hydrogen (secondary N) is 1. The smallest absolute Gasteiger partial charge is 0.295 e. The van der Waals surface area contributed by atoms with Crippen LogP contribution in [0.5, 0.6) is 5.75 Å². The van der Waals surface area contributed by atoms with Crippen LogP contribution in [0.4, 0.5) is 5.69 Å². The van der Waals surface area contributed by atoms with E-state index in [0.29, 0.717) is 29.3 Å². The van der Waals surface area contributed by atoms with Gasteiger partial charge in [0.2, 0.25) is 0 Å². The average molecular weight is 275 g/mol. The fraction of sp³-hybridized carbons (Fsp3) is 0.357. The van der Waals surface area contributed by atoms with Gasteiger partial charge in [-0.3, -0.25) is 10.1 Å². The lowest BCUT2D eigenvalue weighted by atomic mass is 10.1. The standard InChI is InChI=1S/C14H17N3O3/c1-10(2)15-8-9-20-13-6-5-12(17(18)19)14-11(13)4-3-7-16-14/h3-7,10,15H,8-9H2,1-2H3. The third-order valence-electron chi connectivity index (χ3n) is 2.82. The summed E-state index contributed by atoms with van der Waals surface area (Å²) in [6.45, 7) is 5.34. The maximum atomic E-state index is 11.0. The Morgan fingerprint density at radius 3 is 2.90 bits per heavy atom. The molecule has 0 aliphatic heterocycles. The minimum Gasteiger partial charge on any atom is -0.492 e. The van der Waals surface area contributed by atoms with Gasteiger partial charge in [0.15, 0.2) is 5.52 Å². The first-order valence-corrected chi connectivity index (χ1v) is 6.48. The molecule has 0 saturated heterocycles. The van der Waals surface area contributed by atoms with Gasteiger partial charge in [-0.2, -0.15) is 0 Å². The maximum Gasteiger partial charge on any atom is 0.295 e. The van der Waals surface area contributed by atoms with Crippen LogP contribution in [0.15, 0.2) is 30.5 Å². The van der Waals surface area contributed by atoms with Crippen molar-refractivity contribution in [1.82, 2.24) is 10.3 Å². The highest BCUT2D eigenvalue weighted by atomic mass is 16.6. The lowest BCUT2D eigenvalue weighted by Gasteiger charge is -2.11. The van der Waals surface area contributed by atoms with Crippen molar-refractivity contribution in [3.8, 4) is 5.75 Å². The van der Waals surface area contributed by atoms with Crippen molar-refractivity contribution >= 4 is 16.6 Å². The number of nitro benzene ring substituents is 1. The van der Waals surface area contributed by atoms with E-state index in [-0.39, 0.29) is 5.69 Å². The zero-order valence-electron chi connectivity index (χ0n) is 11.5. The van der Waals surface area contributed by atoms with Crippen LogP contribution in [0, 0.1) is 10.1 Å². The zero-order valence-corrected chi connectivity index (χ0v) is 11.5. The number of benzene rings is 1. The van der Waals surface area contributed by atoms with Crippen LogP contribution in [-0.4, -0.2) is 29.1 Å². The molecule has 0 atom stereocenters. The van der Waals surface area contributed by atoms with E-state index in [0.717, 1.165) is 6.54 Å². The minimum absolute atomic E-state index is 0.00624. The normalized spacial score (nSPS) is 10.9. The fourth-order valence-electron chi connectivity index (χ4n) is 1.91. The summed E-state index contributed by atoms with van der Waals surface area (Å²) in [6, 6.07) is 6.97. The first-order valence-electron chi connectivity index (χ1n) is 6.48. The van der Waals surface area contributed by atoms with E-state index >= 15 is 0 Å². The van der Waals surface area contributed by atoms with Crippen LogP contribution in [0.25, 0.3) is 10.9 Å². The Bertz CT molecular complexity index is 614. The number of non-ortho nitro benzene ring substituents is 1. The molecule has 1 heterocycles. The molecule has 2 rings (SSSR count). The quantitative estimate of drug-likeness (QED) is 0.498. The number of fused-ring (bicyclic) bond motifs is 1. The minimum atomic E-state index is -0.431. The van der Waals surface area contributed by atoms with E-state index in [9.17, 15) is 10.1 Å². The molecule has 1 N–H and O–H groups in total. The lowest BCUT2D eigenvalue weighted by molar-refractivity contribution is -0.383. The molecule has 0 bridgehead atoms. The average Bonchev–Trinajstić information content (AvgIpc) is 2.43. The Kier molecular flexibility index (Phi) is 4.47. The van der Waals surface area contributed by atoms with Gasteiger partial charge in [-0.1, -0.05) is 13.8 Å². The molecule has 2 aromatic rings. The summed E-state index contributed by atoms with van der Waals surface area (Å²) in [7, 11) is 0. The van der Waals surface area contributed by atoms with E-state index in [1.165, 1.54) is 6.07 Å². The zero-order chi connectivity index (χ0) is 14.5. The first kappa shape index (κ1) is 14.2. The van der Waals surface area contributed by atoms with Crippen LogP contribution >= 0.6 is 0 Å². The molecule has 1 aromatic heterocycles. The van der Waals surface area contributed by atoms with Gasteiger partial charge in [-0.25, -0.2) is 4.98 Å². The van der Waals surface area contributed by atoms with Crippen molar-refractivity contribution in [3.05, 3.63) is 40.6 Å². The maximum absolute atomic E-state index is 11.0. The van der Waals surface area contributed by atoms with Gasteiger partial charge in [0.1, 0.15) is 12.4 Å². The summed E-state index contributed by atoms with van der Waals surface area (Å²) in [5, 5.41) is 14.9. The molecule has 0 amide bonds. The second-order valence-electron chi connectivity index (χ2n) is 4.70. The van der Waals surface area contributed by atoms with Crippen LogP contribution in [0.1, 0.15) is 13.8 Å². The Morgan fingerprint density at radius 2 is 2.20 bits per heavy atom. The molecule has 6 heteroatoms. The van der Waals surface area contributed by atoms with Gasteiger partial charge >= 0.3 is 0 Å². The Balaban J connectivity index is 2.22. The highest BCUT2D eigenvalue weighted by molar-refractivity contribution is 5.91. The van der Waals surface area contributed by atoms with Crippen LogP contribution in [0.2, 0.25) is 0 Å². The number of hydrogen-bond acceptors (Lipinski definition) is 5. The molecule has 0 saturated carbocycles. The second kappa shape index (κ2) is 6.29. The number of aromatic nitrogens is 1. The molecule has 6 nitrogen and oxygen atoms in total. The monoisotopic (exact) mass is 275 g/mol. The predicted octanol–water partition coefficient (Wildman–Crippen LogP) is 2.52. The number of pyridine rings is 1. The van der Waals surface area contributed by atoms with Crippen molar-refractivity contribution in [2.45, 2.75) is 19.9 Å². The third kappa shape index (κ3) is 3.21. The van der Waals surface area contributed by atoms with Crippen molar-refractivity contribution < 1.29 is 9.66 Å². The SMILES string of the molecule is CC(C)NCCOc1ccc([N+](=O)[O-])c2ncccc12. The molecule has 0 unspecified atom stereocenters. The lowest BCUT2D eigenvalue weighted by Crippen LogP contribution is -2.27. The second-order valence-corrected chi connectivity index (χ2v) is 4.70. The van der Waals surface area contributed by atoms with Crippen LogP contribution in [0.3, 0.4) is 0 Å². The summed E-state index contributed by atoms with van der Waals surface area (Å²) in [5.41, 5.74) is 0.347. The molecule has 106 valence electrons. The van der Waals surface area contributed by atoms with Gasteiger partial charge in [-0.15, -0.1) is 0 Å². The van der Waals surface area contributed by atoms with Crippen molar-refractivity contribution in [3.63, 3.8) is 0 Å². The summed E-state index contributed by atoms with van der Waals surface area (Å²) in [4.78, 5) is 14.6. The molecular formula is C14H17N3O3. The number of ether oxygens (including phenoxy) is 1. The summed E-state index contributed by atoms with van der Waals surface area (Å²) in [6.07, 6.45) is 1.54. The summed E-state index contributed by atoms with van der Waals surface area (Å²) in [5.74, 6) is 0.615. The highest BCUT2D eigenvalue weighted by Crippen LogP contribution is 2.31. The molecule has 20 heavy (non-hydrogen) atoms. The van der Waals surface area contributed by atoms with Crippen molar-refractivity contribution in [2.24, 2.45) is 0 Å². The molecule has 0 radical (unpaired) electrons. The van der Waals surface area contributed by atoms with Gasteiger partial charge in [0, 0.05) is 30.2 Å². The molecule has 1 aromatic carbocycles. The molecule has 0 aliphatic carbocycles. The predicted molar refractivity (Wildman–Crippen MR) is 77.0 cm³/mol. The molecular weight excluding hydrogens is 258 g/mol. The number of rotatable bonds is 6. The number of hydrogen-bond donors (Lipinski definition) is 1. The van der Waals surface area contributed by atoms with Crippen LogP contribution in [-0.2, 0) is 0 Å².